The van der Waals surface area contributed by atoms with E-state index in [9.17, 15) is 13.2 Å². The first-order valence-electron chi connectivity index (χ1n) is 5.94. The summed E-state index contributed by atoms with van der Waals surface area (Å²) >= 11 is 0. The first-order chi connectivity index (χ1) is 8.65. The predicted molar refractivity (Wildman–Crippen MR) is 74.7 cm³/mol. The van der Waals surface area contributed by atoms with Crippen LogP contribution in [0.4, 0.5) is 0 Å². The Kier molecular flexibility index (Phi) is 4.70. The van der Waals surface area contributed by atoms with Crippen molar-refractivity contribution < 1.29 is 13.2 Å². The first-order valence-corrected chi connectivity index (χ1v) is 7.83. The summed E-state index contributed by atoms with van der Waals surface area (Å²) in [6.45, 7) is 4.78. The van der Waals surface area contributed by atoms with E-state index in [1.54, 1.807) is 12.1 Å². The zero-order valence-electron chi connectivity index (χ0n) is 11.4. The normalized spacial score (nSPS) is 12.2. The minimum absolute atomic E-state index is 0.137. The summed E-state index contributed by atoms with van der Waals surface area (Å²) in [5.41, 5.74) is 5.72. The molecule has 0 heterocycles. The highest BCUT2D eigenvalue weighted by Gasteiger charge is 2.18. The van der Waals surface area contributed by atoms with Crippen molar-refractivity contribution in [2.75, 3.05) is 19.3 Å². The highest BCUT2D eigenvalue weighted by atomic mass is 32.2. The van der Waals surface area contributed by atoms with E-state index < -0.39 is 9.84 Å². The van der Waals surface area contributed by atoms with E-state index in [4.69, 9.17) is 5.73 Å². The van der Waals surface area contributed by atoms with E-state index in [1.165, 1.54) is 12.1 Å². The van der Waals surface area contributed by atoms with Gasteiger partial charge in [-0.2, -0.15) is 0 Å². The van der Waals surface area contributed by atoms with Crippen molar-refractivity contribution >= 4 is 15.7 Å². The Labute approximate surface area is 114 Å². The van der Waals surface area contributed by atoms with Crippen LogP contribution < -0.4 is 11.1 Å². The van der Waals surface area contributed by atoms with Crippen LogP contribution in [-0.4, -0.2) is 33.7 Å². The van der Waals surface area contributed by atoms with Gasteiger partial charge < -0.3 is 11.1 Å². The van der Waals surface area contributed by atoms with Gasteiger partial charge in [0.15, 0.2) is 9.84 Å². The van der Waals surface area contributed by atoms with Crippen molar-refractivity contribution in [2.24, 2.45) is 11.1 Å². The Balaban J connectivity index is 2.84. The lowest BCUT2D eigenvalue weighted by Gasteiger charge is -2.22. The first kappa shape index (κ1) is 15.7. The molecule has 0 unspecified atom stereocenters. The molecule has 19 heavy (non-hydrogen) atoms. The molecule has 0 bridgehead atoms. The SMILES string of the molecule is CC(C)(CN)CNC(=O)c1cccc(S(C)(=O)=O)c1. The third-order valence-corrected chi connectivity index (χ3v) is 3.91. The molecule has 0 aliphatic carbocycles. The summed E-state index contributed by atoms with van der Waals surface area (Å²) in [4.78, 5) is 12.1. The Morgan fingerprint density at radius 1 is 1.37 bits per heavy atom. The maximum Gasteiger partial charge on any atom is 0.251 e. The molecule has 0 atom stereocenters. The van der Waals surface area contributed by atoms with Gasteiger partial charge in [-0.05, 0) is 30.2 Å². The molecule has 0 radical (unpaired) electrons. The zero-order chi connectivity index (χ0) is 14.7. The number of benzene rings is 1. The number of sulfone groups is 1. The van der Waals surface area contributed by atoms with Gasteiger partial charge in [-0.25, -0.2) is 8.42 Å². The van der Waals surface area contributed by atoms with Gasteiger partial charge in [0.25, 0.3) is 5.91 Å². The largest absolute Gasteiger partial charge is 0.351 e. The second kappa shape index (κ2) is 5.71. The summed E-state index contributed by atoms with van der Waals surface area (Å²) in [5, 5.41) is 2.76. The molecule has 0 fully saturated rings. The quantitative estimate of drug-likeness (QED) is 0.837. The molecule has 3 N–H and O–H groups in total. The van der Waals surface area contributed by atoms with Gasteiger partial charge in [-0.1, -0.05) is 19.9 Å². The number of nitrogens with two attached hydrogens (primary N) is 1. The molecule has 0 saturated carbocycles. The van der Waals surface area contributed by atoms with Crippen LogP contribution in [0.15, 0.2) is 29.2 Å². The Bertz CT molecular complexity index is 565. The molecule has 1 amide bonds. The highest BCUT2D eigenvalue weighted by Crippen LogP contribution is 2.13. The molecule has 0 aliphatic rings. The molecule has 0 spiro atoms. The Morgan fingerprint density at radius 2 is 2.00 bits per heavy atom. The topological polar surface area (TPSA) is 89.3 Å². The molecule has 0 saturated heterocycles. The van der Waals surface area contributed by atoms with Crippen LogP contribution in [0, 0.1) is 5.41 Å². The number of carbonyl (C=O) groups is 1. The van der Waals surface area contributed by atoms with Crippen molar-refractivity contribution in [2.45, 2.75) is 18.7 Å². The zero-order valence-corrected chi connectivity index (χ0v) is 12.3. The fourth-order valence-corrected chi connectivity index (χ4v) is 2.03. The number of rotatable bonds is 5. The number of amides is 1. The minimum atomic E-state index is -3.31. The van der Waals surface area contributed by atoms with E-state index in [1.807, 2.05) is 13.8 Å². The summed E-state index contributed by atoms with van der Waals surface area (Å²) in [6.07, 6.45) is 1.11. The van der Waals surface area contributed by atoms with E-state index in [0.29, 0.717) is 18.7 Å². The molecular formula is C13H20N2O3S. The van der Waals surface area contributed by atoms with Crippen LogP contribution in [0.25, 0.3) is 0 Å². The van der Waals surface area contributed by atoms with Crippen LogP contribution >= 0.6 is 0 Å². The van der Waals surface area contributed by atoms with Crippen molar-refractivity contribution in [1.29, 1.82) is 0 Å². The van der Waals surface area contributed by atoms with Crippen LogP contribution in [0.5, 0.6) is 0 Å². The number of hydrogen-bond acceptors (Lipinski definition) is 4. The van der Waals surface area contributed by atoms with Crippen LogP contribution in [-0.2, 0) is 9.84 Å². The maximum atomic E-state index is 11.9. The standard InChI is InChI=1S/C13H20N2O3S/c1-13(2,8-14)9-15-12(16)10-5-4-6-11(7-10)19(3,17)18/h4-7H,8-9,14H2,1-3H3,(H,15,16). The van der Waals surface area contributed by atoms with Gasteiger partial charge in [0.1, 0.15) is 0 Å². The summed E-state index contributed by atoms with van der Waals surface area (Å²) in [5.74, 6) is -0.299. The van der Waals surface area contributed by atoms with Gasteiger partial charge in [-0.3, -0.25) is 4.79 Å². The molecular weight excluding hydrogens is 264 g/mol. The molecule has 0 aromatic heterocycles. The number of carbonyl (C=O) groups excluding carboxylic acids is 1. The van der Waals surface area contributed by atoms with E-state index in [-0.39, 0.29) is 16.2 Å². The lowest BCUT2D eigenvalue weighted by molar-refractivity contribution is 0.0937. The van der Waals surface area contributed by atoms with Crippen molar-refractivity contribution in [3.8, 4) is 0 Å². The average Bonchev–Trinajstić information content (AvgIpc) is 2.35. The van der Waals surface area contributed by atoms with Gasteiger partial charge in [0, 0.05) is 18.4 Å². The number of nitrogens with one attached hydrogen (secondary N) is 1. The van der Waals surface area contributed by atoms with Crippen LogP contribution in [0.1, 0.15) is 24.2 Å². The second-order valence-electron chi connectivity index (χ2n) is 5.35. The predicted octanol–water partition coefficient (Wildman–Crippen LogP) is 0.805. The monoisotopic (exact) mass is 284 g/mol. The lowest BCUT2D eigenvalue weighted by atomic mass is 9.94. The molecule has 5 nitrogen and oxygen atoms in total. The molecule has 6 heteroatoms. The fraction of sp³-hybridized carbons (Fsp3) is 0.462. The van der Waals surface area contributed by atoms with Crippen molar-refractivity contribution in [3.05, 3.63) is 29.8 Å². The van der Waals surface area contributed by atoms with Crippen LogP contribution in [0.2, 0.25) is 0 Å². The minimum Gasteiger partial charge on any atom is -0.351 e. The van der Waals surface area contributed by atoms with E-state index >= 15 is 0 Å². The Hall–Kier alpha value is -1.40. The molecule has 0 aliphatic heterocycles. The van der Waals surface area contributed by atoms with E-state index in [2.05, 4.69) is 5.32 Å². The highest BCUT2D eigenvalue weighted by molar-refractivity contribution is 7.90. The van der Waals surface area contributed by atoms with E-state index in [0.717, 1.165) is 6.26 Å². The molecule has 1 aromatic carbocycles. The third kappa shape index (κ3) is 4.65. The second-order valence-corrected chi connectivity index (χ2v) is 7.37. The molecule has 106 valence electrons. The fourth-order valence-electron chi connectivity index (χ4n) is 1.36. The summed E-state index contributed by atoms with van der Waals surface area (Å²) < 4.78 is 22.8. The van der Waals surface area contributed by atoms with Crippen LogP contribution in [0.3, 0.4) is 0 Å². The molecule has 1 rings (SSSR count). The van der Waals surface area contributed by atoms with Gasteiger partial charge in [0.2, 0.25) is 0 Å². The third-order valence-electron chi connectivity index (χ3n) is 2.80. The maximum absolute atomic E-state index is 11.9. The summed E-state index contributed by atoms with van der Waals surface area (Å²) in [7, 11) is -3.31. The number of hydrogen-bond donors (Lipinski definition) is 2. The van der Waals surface area contributed by atoms with Gasteiger partial charge >= 0.3 is 0 Å². The lowest BCUT2D eigenvalue weighted by Crippen LogP contribution is -2.38. The summed E-state index contributed by atoms with van der Waals surface area (Å²) in [6, 6.07) is 5.98. The average molecular weight is 284 g/mol. The molecule has 1 aromatic rings. The van der Waals surface area contributed by atoms with Crippen molar-refractivity contribution in [3.63, 3.8) is 0 Å². The smallest absolute Gasteiger partial charge is 0.251 e. The van der Waals surface area contributed by atoms with Gasteiger partial charge in [0.05, 0.1) is 4.90 Å². The van der Waals surface area contributed by atoms with Crippen molar-refractivity contribution in [1.82, 2.24) is 5.32 Å². The van der Waals surface area contributed by atoms with Gasteiger partial charge in [-0.15, -0.1) is 0 Å². The Morgan fingerprint density at radius 3 is 2.53 bits per heavy atom.